The molecular formula is C43H38O2. The van der Waals surface area contributed by atoms with Gasteiger partial charge in [0.15, 0.2) is 0 Å². The second-order valence-corrected chi connectivity index (χ2v) is 13.7. The highest BCUT2D eigenvalue weighted by Gasteiger charge is 2.36. The summed E-state index contributed by atoms with van der Waals surface area (Å²) in [5.41, 5.74) is 11.5. The molecule has 1 aliphatic rings. The van der Waals surface area contributed by atoms with Crippen molar-refractivity contribution in [2.45, 2.75) is 39.5 Å². The molecule has 7 aromatic carbocycles. The number of rotatable bonds is 6. The van der Waals surface area contributed by atoms with Crippen molar-refractivity contribution in [3.05, 3.63) is 120 Å². The quantitative estimate of drug-likeness (QED) is 0.180. The summed E-state index contributed by atoms with van der Waals surface area (Å²) in [7, 11) is 3.40. The molecule has 0 fully saturated rings. The Bertz CT molecular complexity index is 2230. The van der Waals surface area contributed by atoms with Crippen LogP contribution in [0.15, 0.2) is 103 Å². The number of hydrogen-bond donors (Lipinski definition) is 0. The van der Waals surface area contributed by atoms with Crippen molar-refractivity contribution in [1.29, 1.82) is 0 Å². The zero-order chi connectivity index (χ0) is 31.0. The highest BCUT2D eigenvalue weighted by atomic mass is 16.5. The van der Waals surface area contributed by atoms with Crippen LogP contribution in [0, 0.1) is 5.92 Å². The van der Waals surface area contributed by atoms with Gasteiger partial charge in [0.05, 0.1) is 14.2 Å². The Morgan fingerprint density at radius 3 is 1.73 bits per heavy atom. The van der Waals surface area contributed by atoms with E-state index in [0.717, 1.165) is 29.0 Å². The van der Waals surface area contributed by atoms with Crippen LogP contribution in [-0.4, -0.2) is 14.2 Å². The first kappa shape index (κ1) is 27.7. The minimum Gasteiger partial charge on any atom is -0.497 e. The summed E-state index contributed by atoms with van der Waals surface area (Å²) in [4.78, 5) is 0. The molecule has 0 saturated carbocycles. The number of hydrogen-bond acceptors (Lipinski definition) is 2. The maximum absolute atomic E-state index is 5.57. The van der Waals surface area contributed by atoms with Crippen molar-refractivity contribution in [3.63, 3.8) is 0 Å². The van der Waals surface area contributed by atoms with Gasteiger partial charge in [-0.15, -0.1) is 0 Å². The van der Waals surface area contributed by atoms with Crippen molar-refractivity contribution in [3.8, 4) is 44.9 Å². The van der Waals surface area contributed by atoms with Gasteiger partial charge in [0, 0.05) is 11.5 Å². The second kappa shape index (κ2) is 10.1. The average Bonchev–Trinajstić information content (AvgIpc) is 3.27. The molecule has 7 aromatic rings. The lowest BCUT2D eigenvalue weighted by Gasteiger charge is -2.23. The molecule has 0 N–H and O–H groups in total. The highest BCUT2D eigenvalue weighted by molar-refractivity contribution is 6.25. The Morgan fingerprint density at radius 1 is 0.533 bits per heavy atom. The molecule has 0 aliphatic heterocycles. The first-order chi connectivity index (χ1) is 21.7. The number of fused-ring (bicyclic) bond motifs is 3. The molecule has 0 heterocycles. The van der Waals surface area contributed by atoms with Crippen LogP contribution < -0.4 is 9.47 Å². The van der Waals surface area contributed by atoms with E-state index in [1.165, 1.54) is 71.3 Å². The molecule has 45 heavy (non-hydrogen) atoms. The molecule has 222 valence electrons. The topological polar surface area (TPSA) is 18.5 Å². The molecule has 1 aliphatic carbocycles. The molecule has 2 heteroatoms. The molecule has 0 amide bonds. The van der Waals surface area contributed by atoms with Gasteiger partial charge in [0.25, 0.3) is 0 Å². The summed E-state index contributed by atoms with van der Waals surface area (Å²) >= 11 is 0. The van der Waals surface area contributed by atoms with Gasteiger partial charge in [-0.3, -0.25) is 0 Å². The maximum Gasteiger partial charge on any atom is 0.123 e. The van der Waals surface area contributed by atoms with E-state index in [4.69, 9.17) is 9.47 Å². The summed E-state index contributed by atoms with van der Waals surface area (Å²) in [6, 6.07) is 38.7. The molecule has 8 rings (SSSR count). The first-order valence-corrected chi connectivity index (χ1v) is 16.0. The third-order valence-corrected chi connectivity index (χ3v) is 9.97. The van der Waals surface area contributed by atoms with Gasteiger partial charge < -0.3 is 9.47 Å². The number of ether oxygens (including phenoxy) is 2. The SMILES string of the molecule is COc1cc(OC)cc(-c2ccc3c(c2)C(C)(C)c2cc(-c4ccc5ccc6cc(CC(C)C)cc7ccc4c5c67)ccc2-3)c1. The van der Waals surface area contributed by atoms with Crippen molar-refractivity contribution >= 4 is 32.3 Å². The monoisotopic (exact) mass is 586 g/mol. The molecule has 0 atom stereocenters. The summed E-state index contributed by atoms with van der Waals surface area (Å²) in [6.45, 7) is 9.31. The van der Waals surface area contributed by atoms with E-state index < -0.39 is 0 Å². The standard InChI is InChI=1S/C43H38O2/c1-25(2)17-26-18-30-8-7-27-9-13-35(38-16-12-31(19-26)41(30)42(27)38)29-11-15-37-36-14-10-28(22-39(36)43(3,4)40(37)23-29)32-20-33(44-5)24-34(21-32)45-6/h7-16,18-25H,17H2,1-6H3. The van der Waals surface area contributed by atoms with Gasteiger partial charge in [0.1, 0.15) is 11.5 Å². The van der Waals surface area contributed by atoms with Crippen LogP contribution in [0.2, 0.25) is 0 Å². The van der Waals surface area contributed by atoms with Crippen LogP contribution in [0.4, 0.5) is 0 Å². The minimum atomic E-state index is -0.143. The number of methoxy groups -OCH3 is 2. The summed E-state index contributed by atoms with van der Waals surface area (Å²) in [6.07, 6.45) is 1.10. The minimum absolute atomic E-state index is 0.143. The Labute approximate surface area is 265 Å². The Kier molecular flexibility index (Phi) is 6.22. The van der Waals surface area contributed by atoms with Gasteiger partial charge in [0.2, 0.25) is 0 Å². The summed E-state index contributed by atoms with van der Waals surface area (Å²) in [5.74, 6) is 2.22. The molecule has 0 unspecified atom stereocenters. The fourth-order valence-electron chi connectivity index (χ4n) is 7.78. The van der Waals surface area contributed by atoms with E-state index in [-0.39, 0.29) is 5.41 Å². The summed E-state index contributed by atoms with van der Waals surface area (Å²) in [5, 5.41) is 8.07. The number of benzene rings is 7. The van der Waals surface area contributed by atoms with E-state index in [1.807, 2.05) is 6.07 Å². The lowest BCUT2D eigenvalue weighted by Crippen LogP contribution is -2.15. The fraction of sp³-hybridized carbons (Fsp3) is 0.209. The van der Waals surface area contributed by atoms with Crippen molar-refractivity contribution < 1.29 is 9.47 Å². The highest BCUT2D eigenvalue weighted by Crippen LogP contribution is 2.51. The lowest BCUT2D eigenvalue weighted by atomic mass is 9.80. The largest absolute Gasteiger partial charge is 0.497 e. The second-order valence-electron chi connectivity index (χ2n) is 13.7. The molecule has 0 bridgehead atoms. The van der Waals surface area contributed by atoms with Gasteiger partial charge >= 0.3 is 0 Å². The predicted molar refractivity (Wildman–Crippen MR) is 190 cm³/mol. The fourth-order valence-corrected chi connectivity index (χ4v) is 7.78. The molecule has 0 aromatic heterocycles. The van der Waals surface area contributed by atoms with E-state index in [0.29, 0.717) is 5.92 Å². The van der Waals surface area contributed by atoms with E-state index >= 15 is 0 Å². The maximum atomic E-state index is 5.57. The van der Waals surface area contributed by atoms with E-state index in [2.05, 4.69) is 125 Å². The molecule has 0 spiro atoms. The Hall–Kier alpha value is -4.82. The Balaban J connectivity index is 1.24. The normalized spacial score (nSPS) is 13.6. The van der Waals surface area contributed by atoms with Crippen LogP contribution in [0.5, 0.6) is 11.5 Å². The van der Waals surface area contributed by atoms with Crippen LogP contribution >= 0.6 is 0 Å². The Morgan fingerprint density at radius 2 is 1.09 bits per heavy atom. The van der Waals surface area contributed by atoms with Crippen LogP contribution in [0.3, 0.4) is 0 Å². The molecule has 2 nitrogen and oxygen atoms in total. The first-order valence-electron chi connectivity index (χ1n) is 16.0. The smallest absolute Gasteiger partial charge is 0.123 e. The van der Waals surface area contributed by atoms with E-state index in [9.17, 15) is 0 Å². The third-order valence-electron chi connectivity index (χ3n) is 9.97. The van der Waals surface area contributed by atoms with Crippen LogP contribution in [0.25, 0.3) is 65.7 Å². The van der Waals surface area contributed by atoms with E-state index in [1.54, 1.807) is 14.2 Å². The average molecular weight is 587 g/mol. The third kappa shape index (κ3) is 4.30. The van der Waals surface area contributed by atoms with Gasteiger partial charge in [-0.2, -0.15) is 0 Å². The van der Waals surface area contributed by atoms with Gasteiger partial charge in [-0.05, 0) is 119 Å². The van der Waals surface area contributed by atoms with Gasteiger partial charge in [-0.25, -0.2) is 0 Å². The zero-order valence-corrected chi connectivity index (χ0v) is 26.9. The lowest BCUT2D eigenvalue weighted by molar-refractivity contribution is 0.394. The van der Waals surface area contributed by atoms with Crippen LogP contribution in [-0.2, 0) is 11.8 Å². The predicted octanol–water partition coefficient (Wildman–Crippen LogP) is 11.4. The molecule has 0 saturated heterocycles. The summed E-state index contributed by atoms with van der Waals surface area (Å²) < 4.78 is 11.1. The van der Waals surface area contributed by atoms with Crippen LogP contribution in [0.1, 0.15) is 44.4 Å². The molecule has 0 radical (unpaired) electrons. The zero-order valence-electron chi connectivity index (χ0n) is 26.9. The van der Waals surface area contributed by atoms with Crippen molar-refractivity contribution in [1.82, 2.24) is 0 Å². The molecular weight excluding hydrogens is 548 g/mol. The van der Waals surface area contributed by atoms with Gasteiger partial charge in [-0.1, -0.05) is 100 Å². The van der Waals surface area contributed by atoms with Crippen molar-refractivity contribution in [2.75, 3.05) is 14.2 Å². The van der Waals surface area contributed by atoms with Crippen molar-refractivity contribution in [2.24, 2.45) is 5.92 Å².